The van der Waals surface area contributed by atoms with Gasteiger partial charge in [0.2, 0.25) is 0 Å². The molecular formula is C15H13N3O4S. The lowest BCUT2D eigenvalue weighted by Gasteiger charge is -2.17. The van der Waals surface area contributed by atoms with Gasteiger partial charge in [-0.15, -0.1) is 0 Å². The summed E-state index contributed by atoms with van der Waals surface area (Å²) >= 11 is 1.38. The van der Waals surface area contributed by atoms with Crippen LogP contribution in [0.1, 0.15) is 21.8 Å². The van der Waals surface area contributed by atoms with Gasteiger partial charge in [-0.3, -0.25) is 10.1 Å². The van der Waals surface area contributed by atoms with Crippen LogP contribution in [0.2, 0.25) is 0 Å². The average molecular weight is 331 g/mol. The number of benzene rings is 1. The van der Waals surface area contributed by atoms with Crippen molar-refractivity contribution in [3.05, 3.63) is 29.2 Å². The second kappa shape index (κ2) is 5.24. The van der Waals surface area contributed by atoms with Crippen molar-refractivity contribution in [1.82, 2.24) is 10.1 Å². The van der Waals surface area contributed by atoms with Crippen LogP contribution in [0, 0.1) is 13.8 Å². The topological polar surface area (TPSA) is 86.5 Å². The highest BCUT2D eigenvalue weighted by atomic mass is 32.1. The second-order valence-electron chi connectivity index (χ2n) is 5.14. The number of anilines is 1. The Bertz CT molecular complexity index is 852. The lowest BCUT2D eigenvalue weighted by molar-refractivity contribution is 0.102. The summed E-state index contributed by atoms with van der Waals surface area (Å²) in [5, 5.41) is 7.09. The number of nitrogens with one attached hydrogen (secondary N) is 1. The van der Waals surface area contributed by atoms with Gasteiger partial charge < -0.3 is 14.0 Å². The molecule has 0 bridgehead atoms. The summed E-state index contributed by atoms with van der Waals surface area (Å²) in [6.07, 6.45) is 0. The summed E-state index contributed by atoms with van der Waals surface area (Å²) < 4.78 is 17.0. The Morgan fingerprint density at radius 2 is 1.96 bits per heavy atom. The minimum atomic E-state index is -0.280. The first-order valence-electron chi connectivity index (χ1n) is 7.06. The van der Waals surface area contributed by atoms with Gasteiger partial charge in [0.1, 0.15) is 24.5 Å². The maximum Gasteiger partial charge on any atom is 0.262 e. The van der Waals surface area contributed by atoms with Crippen molar-refractivity contribution in [3.63, 3.8) is 0 Å². The molecule has 3 heterocycles. The third-order valence-corrected chi connectivity index (χ3v) is 4.47. The van der Waals surface area contributed by atoms with Crippen LogP contribution in [0.4, 0.5) is 5.13 Å². The molecule has 1 aliphatic heterocycles. The summed E-state index contributed by atoms with van der Waals surface area (Å²) in [4.78, 5) is 16.8. The van der Waals surface area contributed by atoms with Gasteiger partial charge in [0.25, 0.3) is 5.91 Å². The number of hydrogen-bond donors (Lipinski definition) is 1. The minimum Gasteiger partial charge on any atom is -0.486 e. The average Bonchev–Trinajstić information content (AvgIpc) is 3.06. The van der Waals surface area contributed by atoms with Gasteiger partial charge in [0.05, 0.1) is 15.9 Å². The molecule has 8 heteroatoms. The molecule has 23 heavy (non-hydrogen) atoms. The molecule has 1 aromatic carbocycles. The molecule has 118 valence electrons. The maximum absolute atomic E-state index is 12.4. The molecule has 1 aliphatic rings. The van der Waals surface area contributed by atoms with E-state index < -0.39 is 0 Å². The molecule has 3 aromatic rings. The maximum atomic E-state index is 12.4. The Balaban J connectivity index is 1.66. The van der Waals surface area contributed by atoms with Crippen LogP contribution >= 0.6 is 11.3 Å². The molecule has 1 amide bonds. The Morgan fingerprint density at radius 3 is 2.65 bits per heavy atom. The van der Waals surface area contributed by atoms with Gasteiger partial charge in [0.15, 0.2) is 16.6 Å². The van der Waals surface area contributed by atoms with Crippen LogP contribution in [0.15, 0.2) is 16.7 Å². The normalized spacial score (nSPS) is 13.3. The van der Waals surface area contributed by atoms with Crippen LogP contribution in [-0.2, 0) is 0 Å². The summed E-state index contributed by atoms with van der Waals surface area (Å²) in [6.45, 7) is 4.49. The van der Waals surface area contributed by atoms with Crippen molar-refractivity contribution < 1.29 is 18.8 Å². The van der Waals surface area contributed by atoms with Crippen molar-refractivity contribution in [3.8, 4) is 11.5 Å². The monoisotopic (exact) mass is 331 g/mol. The Kier molecular flexibility index (Phi) is 3.19. The van der Waals surface area contributed by atoms with Crippen molar-refractivity contribution in [1.29, 1.82) is 0 Å². The first kappa shape index (κ1) is 14.0. The number of ether oxygens (including phenoxy) is 2. The third-order valence-electron chi connectivity index (χ3n) is 3.53. The molecule has 0 radical (unpaired) electrons. The molecule has 2 aromatic heterocycles. The Morgan fingerprint density at radius 1 is 1.22 bits per heavy atom. The van der Waals surface area contributed by atoms with Gasteiger partial charge >= 0.3 is 0 Å². The number of nitrogens with zero attached hydrogens (tertiary/aromatic N) is 2. The molecule has 7 nitrogen and oxygen atoms in total. The molecule has 0 unspecified atom stereocenters. The fraction of sp³-hybridized carbons (Fsp3) is 0.267. The van der Waals surface area contributed by atoms with Crippen molar-refractivity contribution in [2.24, 2.45) is 0 Å². The van der Waals surface area contributed by atoms with Crippen LogP contribution in [0.5, 0.6) is 11.5 Å². The van der Waals surface area contributed by atoms with E-state index in [0.29, 0.717) is 46.9 Å². The highest BCUT2D eigenvalue weighted by Crippen LogP contribution is 2.37. The summed E-state index contributed by atoms with van der Waals surface area (Å²) in [6, 6.07) is 3.71. The molecule has 0 aliphatic carbocycles. The number of hydrogen-bond acceptors (Lipinski definition) is 7. The van der Waals surface area contributed by atoms with Gasteiger partial charge in [0, 0.05) is 12.1 Å². The molecule has 0 saturated carbocycles. The van der Waals surface area contributed by atoms with Crippen molar-refractivity contribution in [2.45, 2.75) is 13.8 Å². The SMILES string of the molecule is Cc1noc(C)c1C(=O)Nc1nc2cc3c(cc2s1)OCCO3. The molecule has 0 saturated heterocycles. The molecule has 1 N–H and O–H groups in total. The standard InChI is InChI=1S/C15H13N3O4S/c1-7-13(8(2)22-18-7)14(19)17-15-16-9-5-10-11(6-12(9)23-15)21-4-3-20-10/h5-6H,3-4H2,1-2H3,(H,16,17,19). The number of aryl methyl sites for hydroxylation is 2. The predicted molar refractivity (Wildman–Crippen MR) is 84.5 cm³/mol. The lowest BCUT2D eigenvalue weighted by atomic mass is 10.2. The van der Waals surface area contributed by atoms with Crippen molar-refractivity contribution in [2.75, 3.05) is 18.5 Å². The van der Waals surface area contributed by atoms with Crippen LogP contribution in [0.3, 0.4) is 0 Å². The second-order valence-corrected chi connectivity index (χ2v) is 6.17. The van der Waals surface area contributed by atoms with Crippen molar-refractivity contribution >= 4 is 32.6 Å². The molecular weight excluding hydrogens is 318 g/mol. The lowest BCUT2D eigenvalue weighted by Crippen LogP contribution is -2.15. The zero-order valence-corrected chi connectivity index (χ0v) is 13.3. The van der Waals surface area contributed by atoms with Gasteiger partial charge in [-0.2, -0.15) is 0 Å². The van der Waals surface area contributed by atoms with E-state index in [-0.39, 0.29) is 5.91 Å². The fourth-order valence-corrected chi connectivity index (χ4v) is 3.36. The van der Waals surface area contributed by atoms with Crippen LogP contribution in [-0.4, -0.2) is 29.3 Å². The number of carbonyl (C=O) groups is 1. The number of fused-ring (bicyclic) bond motifs is 2. The van der Waals surface area contributed by atoms with E-state index in [9.17, 15) is 4.79 Å². The zero-order chi connectivity index (χ0) is 16.0. The Hall–Kier alpha value is -2.61. The zero-order valence-electron chi connectivity index (χ0n) is 12.5. The Labute approximate surface area is 135 Å². The van der Waals surface area contributed by atoms with Gasteiger partial charge in [-0.05, 0) is 13.8 Å². The van der Waals surface area contributed by atoms with E-state index >= 15 is 0 Å². The van der Waals surface area contributed by atoms with E-state index in [1.807, 2.05) is 12.1 Å². The van der Waals surface area contributed by atoms with Crippen LogP contribution < -0.4 is 14.8 Å². The quantitative estimate of drug-likeness (QED) is 0.777. The smallest absolute Gasteiger partial charge is 0.262 e. The number of amides is 1. The summed E-state index contributed by atoms with van der Waals surface area (Å²) in [5.41, 5.74) is 1.75. The highest BCUT2D eigenvalue weighted by molar-refractivity contribution is 7.22. The minimum absolute atomic E-state index is 0.280. The first-order chi connectivity index (χ1) is 11.1. The van der Waals surface area contributed by atoms with E-state index in [2.05, 4.69) is 15.5 Å². The summed E-state index contributed by atoms with van der Waals surface area (Å²) in [7, 11) is 0. The summed E-state index contributed by atoms with van der Waals surface area (Å²) in [5.74, 6) is 1.59. The molecule has 4 rings (SSSR count). The third kappa shape index (κ3) is 2.40. The number of rotatable bonds is 2. The molecule has 0 fully saturated rings. The number of aromatic nitrogens is 2. The largest absolute Gasteiger partial charge is 0.486 e. The fourth-order valence-electron chi connectivity index (χ4n) is 2.49. The molecule has 0 atom stereocenters. The molecule has 0 spiro atoms. The van der Waals surface area contributed by atoms with Crippen LogP contribution in [0.25, 0.3) is 10.2 Å². The van der Waals surface area contributed by atoms with E-state index in [1.165, 1.54) is 11.3 Å². The van der Waals surface area contributed by atoms with E-state index in [0.717, 1.165) is 10.2 Å². The van der Waals surface area contributed by atoms with Gasteiger partial charge in [-0.25, -0.2) is 4.98 Å². The van der Waals surface area contributed by atoms with Gasteiger partial charge in [-0.1, -0.05) is 16.5 Å². The first-order valence-corrected chi connectivity index (χ1v) is 7.88. The highest BCUT2D eigenvalue weighted by Gasteiger charge is 2.20. The number of thiazole rings is 1. The van der Waals surface area contributed by atoms with E-state index in [1.54, 1.807) is 13.8 Å². The predicted octanol–water partition coefficient (Wildman–Crippen LogP) is 2.92. The number of carbonyl (C=O) groups excluding carboxylic acids is 1. The van der Waals surface area contributed by atoms with E-state index in [4.69, 9.17) is 14.0 Å².